The first-order chi connectivity index (χ1) is 11.1. The van der Waals surface area contributed by atoms with Crippen molar-refractivity contribution in [2.24, 2.45) is 0 Å². The van der Waals surface area contributed by atoms with Gasteiger partial charge in [-0.3, -0.25) is 9.59 Å². The third-order valence-corrected chi connectivity index (χ3v) is 5.09. The minimum atomic E-state index is -0.732. The molecule has 0 atom stereocenters. The molecule has 1 aliphatic rings. The quantitative estimate of drug-likeness (QED) is 0.697. The van der Waals surface area contributed by atoms with Crippen LogP contribution in [0.3, 0.4) is 0 Å². The van der Waals surface area contributed by atoms with Gasteiger partial charge in [0, 0.05) is 18.7 Å². The molecule has 0 aliphatic carbocycles. The van der Waals surface area contributed by atoms with Crippen LogP contribution >= 0.6 is 0 Å². The Morgan fingerprint density at radius 2 is 1.74 bits per heavy atom. The number of carboxylic acid groups (broad SMARTS) is 1. The molecule has 126 valence electrons. The predicted molar refractivity (Wildman–Crippen MR) is 91.8 cm³/mol. The number of hydrogen-bond acceptors (Lipinski definition) is 2. The lowest BCUT2D eigenvalue weighted by Gasteiger charge is -2.26. The number of benzene rings is 1. The van der Waals surface area contributed by atoms with Crippen molar-refractivity contribution >= 4 is 17.6 Å². The monoisotopic (exact) mass is 317 g/mol. The normalized spacial score (nSPS) is 15.7. The van der Waals surface area contributed by atoms with Crippen LogP contribution in [-0.4, -0.2) is 23.5 Å². The van der Waals surface area contributed by atoms with Gasteiger partial charge in [0.15, 0.2) is 0 Å². The molecule has 2 rings (SSSR count). The number of aliphatic carboxylic acids is 1. The van der Waals surface area contributed by atoms with Crippen LogP contribution in [0.15, 0.2) is 24.3 Å². The summed E-state index contributed by atoms with van der Waals surface area (Å²) in [4.78, 5) is 25.5. The van der Waals surface area contributed by atoms with E-state index < -0.39 is 5.97 Å². The molecular weight excluding hydrogens is 290 g/mol. The molecule has 4 nitrogen and oxygen atoms in total. The first-order valence-corrected chi connectivity index (χ1v) is 8.70. The number of carboxylic acids is 1. The van der Waals surface area contributed by atoms with E-state index in [9.17, 15) is 9.59 Å². The first-order valence-electron chi connectivity index (χ1n) is 8.70. The van der Waals surface area contributed by atoms with E-state index in [-0.39, 0.29) is 17.7 Å². The Labute approximate surface area is 138 Å². The van der Waals surface area contributed by atoms with E-state index >= 15 is 0 Å². The van der Waals surface area contributed by atoms with E-state index in [1.165, 1.54) is 5.56 Å². The molecule has 1 heterocycles. The summed E-state index contributed by atoms with van der Waals surface area (Å²) in [7, 11) is 0. The highest BCUT2D eigenvalue weighted by Crippen LogP contribution is 2.46. The summed E-state index contributed by atoms with van der Waals surface area (Å²) in [6, 6.07) is 8.15. The van der Waals surface area contributed by atoms with Crippen LogP contribution in [-0.2, 0) is 15.0 Å². The highest BCUT2D eigenvalue weighted by atomic mass is 16.4. The van der Waals surface area contributed by atoms with Crippen LogP contribution in [0.25, 0.3) is 0 Å². The van der Waals surface area contributed by atoms with Crippen molar-refractivity contribution in [1.29, 1.82) is 0 Å². The van der Waals surface area contributed by atoms with Gasteiger partial charge in [0.05, 0.1) is 5.41 Å². The summed E-state index contributed by atoms with van der Waals surface area (Å²) in [5.74, 6) is -0.501. The van der Waals surface area contributed by atoms with E-state index in [0.29, 0.717) is 6.42 Å². The largest absolute Gasteiger partial charge is 0.481 e. The molecule has 23 heavy (non-hydrogen) atoms. The Kier molecular flexibility index (Phi) is 5.80. The molecule has 1 N–H and O–H groups in total. The lowest BCUT2D eigenvalue weighted by molar-refractivity contribution is -0.137. The Morgan fingerprint density at radius 3 is 2.39 bits per heavy atom. The zero-order valence-corrected chi connectivity index (χ0v) is 14.2. The fourth-order valence-corrected chi connectivity index (χ4v) is 3.65. The molecule has 0 saturated heterocycles. The number of carbonyl (C=O) groups is 2. The molecule has 1 aliphatic heterocycles. The standard InChI is InChI=1S/C19H27NO3/c1-3-19(4-2)15-11-8-9-12-16(15)20(18(19)23)14-10-6-5-7-13-17(21)22/h8-9,11-12H,3-7,10,13-14H2,1-2H3,(H,21,22). The second-order valence-electron chi connectivity index (χ2n) is 6.32. The number of para-hydroxylation sites is 1. The van der Waals surface area contributed by atoms with Gasteiger partial charge in [-0.15, -0.1) is 0 Å². The van der Waals surface area contributed by atoms with Gasteiger partial charge in [0.25, 0.3) is 0 Å². The zero-order chi connectivity index (χ0) is 16.9. The minimum absolute atomic E-state index is 0.231. The second kappa shape index (κ2) is 7.62. The third kappa shape index (κ3) is 3.41. The summed E-state index contributed by atoms with van der Waals surface area (Å²) in [6.45, 7) is 4.91. The molecule has 0 aromatic heterocycles. The van der Waals surface area contributed by atoms with Crippen LogP contribution in [0.4, 0.5) is 5.69 Å². The summed E-state index contributed by atoms with van der Waals surface area (Å²) in [5, 5.41) is 8.65. The highest BCUT2D eigenvalue weighted by Gasteiger charge is 2.47. The average molecular weight is 317 g/mol. The number of fused-ring (bicyclic) bond motifs is 1. The van der Waals surface area contributed by atoms with Gasteiger partial charge < -0.3 is 10.0 Å². The number of nitrogens with zero attached hydrogens (tertiary/aromatic N) is 1. The number of unbranched alkanes of at least 4 members (excludes halogenated alkanes) is 3. The molecule has 1 amide bonds. The van der Waals surface area contributed by atoms with Gasteiger partial charge in [-0.05, 0) is 37.3 Å². The maximum atomic E-state index is 13.0. The van der Waals surface area contributed by atoms with Crippen LogP contribution in [0.5, 0.6) is 0 Å². The average Bonchev–Trinajstić information content (AvgIpc) is 2.79. The molecule has 0 unspecified atom stereocenters. The van der Waals surface area contributed by atoms with Crippen LogP contribution in [0, 0.1) is 0 Å². The molecular formula is C19H27NO3. The van der Waals surface area contributed by atoms with Crippen molar-refractivity contribution < 1.29 is 14.7 Å². The third-order valence-electron chi connectivity index (χ3n) is 5.09. The Hall–Kier alpha value is -1.84. The molecule has 0 spiro atoms. The molecule has 0 radical (unpaired) electrons. The maximum absolute atomic E-state index is 13.0. The number of carbonyl (C=O) groups excluding carboxylic acids is 1. The van der Waals surface area contributed by atoms with E-state index in [1.807, 2.05) is 23.1 Å². The number of hydrogen-bond donors (Lipinski definition) is 1. The van der Waals surface area contributed by atoms with Crippen LogP contribution < -0.4 is 4.90 Å². The lowest BCUT2D eigenvalue weighted by atomic mass is 9.77. The Bertz CT molecular complexity index is 563. The van der Waals surface area contributed by atoms with Gasteiger partial charge in [0.2, 0.25) is 5.91 Å². The number of amides is 1. The second-order valence-corrected chi connectivity index (χ2v) is 6.32. The maximum Gasteiger partial charge on any atom is 0.303 e. The van der Waals surface area contributed by atoms with Crippen molar-refractivity contribution in [1.82, 2.24) is 0 Å². The van der Waals surface area contributed by atoms with Crippen molar-refractivity contribution in [2.45, 2.75) is 64.2 Å². The van der Waals surface area contributed by atoms with Crippen LogP contribution in [0.1, 0.15) is 64.4 Å². The first kappa shape index (κ1) is 17.5. The number of anilines is 1. The molecule has 1 aromatic rings. The summed E-state index contributed by atoms with van der Waals surface area (Å²) >= 11 is 0. The predicted octanol–water partition coefficient (Wildman–Crippen LogP) is 4.13. The lowest BCUT2D eigenvalue weighted by Crippen LogP contribution is -2.40. The van der Waals surface area contributed by atoms with Crippen molar-refractivity contribution in [3.63, 3.8) is 0 Å². The summed E-state index contributed by atoms with van der Waals surface area (Å²) in [6.07, 6.45) is 5.40. The van der Waals surface area contributed by atoms with Gasteiger partial charge in [-0.25, -0.2) is 0 Å². The van der Waals surface area contributed by atoms with Crippen LogP contribution in [0.2, 0.25) is 0 Å². The zero-order valence-electron chi connectivity index (χ0n) is 14.2. The van der Waals surface area contributed by atoms with Gasteiger partial charge in [-0.1, -0.05) is 44.9 Å². The molecule has 0 fully saturated rings. The number of rotatable bonds is 9. The van der Waals surface area contributed by atoms with Gasteiger partial charge in [-0.2, -0.15) is 0 Å². The van der Waals surface area contributed by atoms with Crippen molar-refractivity contribution in [3.05, 3.63) is 29.8 Å². The van der Waals surface area contributed by atoms with E-state index in [0.717, 1.165) is 44.3 Å². The van der Waals surface area contributed by atoms with E-state index in [4.69, 9.17) is 5.11 Å². The highest BCUT2D eigenvalue weighted by molar-refractivity contribution is 6.08. The molecule has 1 aromatic carbocycles. The molecule has 0 bridgehead atoms. The summed E-state index contributed by atoms with van der Waals surface area (Å²) in [5.41, 5.74) is 1.87. The SMILES string of the molecule is CCC1(CC)C(=O)N(CCCCCCC(=O)O)c2ccccc21. The van der Waals surface area contributed by atoms with Gasteiger partial charge in [0.1, 0.15) is 0 Å². The molecule has 0 saturated carbocycles. The topological polar surface area (TPSA) is 57.6 Å². The fraction of sp³-hybridized carbons (Fsp3) is 0.579. The van der Waals surface area contributed by atoms with Crippen molar-refractivity contribution in [2.75, 3.05) is 11.4 Å². The van der Waals surface area contributed by atoms with Crippen molar-refractivity contribution in [3.8, 4) is 0 Å². The minimum Gasteiger partial charge on any atom is -0.481 e. The Balaban J connectivity index is 2.00. The summed E-state index contributed by atoms with van der Waals surface area (Å²) < 4.78 is 0. The Morgan fingerprint density at radius 1 is 1.09 bits per heavy atom. The van der Waals surface area contributed by atoms with E-state index in [1.54, 1.807) is 0 Å². The van der Waals surface area contributed by atoms with E-state index in [2.05, 4.69) is 19.9 Å². The fourth-order valence-electron chi connectivity index (χ4n) is 3.65. The molecule has 4 heteroatoms. The van der Waals surface area contributed by atoms with Gasteiger partial charge >= 0.3 is 5.97 Å². The smallest absolute Gasteiger partial charge is 0.303 e.